The van der Waals surface area contributed by atoms with E-state index in [-0.39, 0.29) is 24.7 Å². The summed E-state index contributed by atoms with van der Waals surface area (Å²) in [5.41, 5.74) is 0. The molecule has 9 heteroatoms. The van der Waals surface area contributed by atoms with Crippen LogP contribution in [0.1, 0.15) is 41.4 Å². The maximum Gasteiger partial charge on any atom is 0.317 e. The van der Waals surface area contributed by atoms with Gasteiger partial charge in [-0.15, -0.1) is 21.5 Å². The number of aliphatic hydroxyl groups excluding tert-OH is 1. The Morgan fingerprint density at radius 1 is 1.46 bits per heavy atom. The zero-order valence-corrected chi connectivity index (χ0v) is 15.9. The maximum absolute atomic E-state index is 12.4. The summed E-state index contributed by atoms with van der Waals surface area (Å²) in [5.74, 6) is 1.71. The lowest BCUT2D eigenvalue weighted by atomic mass is 9.96. The second-order valence-corrected chi connectivity index (χ2v) is 7.36. The first-order valence-corrected chi connectivity index (χ1v) is 9.60. The van der Waals surface area contributed by atoms with Crippen molar-refractivity contribution in [3.63, 3.8) is 0 Å². The van der Waals surface area contributed by atoms with Crippen molar-refractivity contribution in [2.45, 2.75) is 31.5 Å². The van der Waals surface area contributed by atoms with Gasteiger partial charge in [-0.1, -0.05) is 6.07 Å². The first kappa shape index (κ1) is 18.8. The quantitative estimate of drug-likeness (QED) is 0.796. The Kier molecular flexibility index (Phi) is 6.23. The van der Waals surface area contributed by atoms with Crippen LogP contribution in [0.4, 0.5) is 4.79 Å². The number of ether oxygens (including phenoxy) is 1. The number of aromatic nitrogens is 3. The van der Waals surface area contributed by atoms with Crippen molar-refractivity contribution < 1.29 is 14.6 Å². The van der Waals surface area contributed by atoms with Crippen molar-refractivity contribution >= 4 is 17.4 Å². The van der Waals surface area contributed by atoms with Gasteiger partial charge in [-0.05, 0) is 24.3 Å². The molecule has 26 heavy (non-hydrogen) atoms. The standard InChI is InChI=1S/C17H25N5O3S/c1-21-15(11-23)19-20-16(21)12-5-7-22(8-6-12)17(24)18-10-13(25-2)14-4-3-9-26-14/h3-4,9,12-13,23H,5-8,10-11H2,1-2H3,(H,18,24)/t13-/m0/s1. The van der Waals surface area contributed by atoms with E-state index < -0.39 is 0 Å². The van der Waals surface area contributed by atoms with Crippen LogP contribution < -0.4 is 5.32 Å². The van der Waals surface area contributed by atoms with Crippen LogP contribution in [0.3, 0.4) is 0 Å². The Balaban J connectivity index is 1.49. The topological polar surface area (TPSA) is 92.5 Å². The van der Waals surface area contributed by atoms with E-state index in [9.17, 15) is 9.90 Å². The molecule has 3 rings (SSSR count). The molecule has 0 spiro atoms. The summed E-state index contributed by atoms with van der Waals surface area (Å²) in [6, 6.07) is 3.93. The largest absolute Gasteiger partial charge is 0.388 e. The minimum Gasteiger partial charge on any atom is -0.388 e. The normalized spacial score (nSPS) is 16.7. The second-order valence-electron chi connectivity index (χ2n) is 6.38. The molecule has 8 nitrogen and oxygen atoms in total. The third-order valence-electron chi connectivity index (χ3n) is 4.87. The minimum absolute atomic E-state index is 0.0592. The van der Waals surface area contributed by atoms with E-state index in [1.54, 1.807) is 18.4 Å². The summed E-state index contributed by atoms with van der Waals surface area (Å²) in [6.07, 6.45) is 1.56. The van der Waals surface area contributed by atoms with Gasteiger partial charge in [0.15, 0.2) is 5.82 Å². The molecular weight excluding hydrogens is 354 g/mol. The number of urea groups is 1. The van der Waals surface area contributed by atoms with E-state index in [0.29, 0.717) is 25.5 Å². The zero-order chi connectivity index (χ0) is 18.5. The lowest BCUT2D eigenvalue weighted by Crippen LogP contribution is -2.45. The van der Waals surface area contributed by atoms with Crippen molar-refractivity contribution in [3.8, 4) is 0 Å². The van der Waals surface area contributed by atoms with Crippen LogP contribution in [0.5, 0.6) is 0 Å². The molecule has 1 saturated heterocycles. The molecule has 2 N–H and O–H groups in total. The zero-order valence-electron chi connectivity index (χ0n) is 15.1. The third kappa shape index (κ3) is 4.05. The highest BCUT2D eigenvalue weighted by atomic mass is 32.1. The molecule has 1 aliphatic heterocycles. The molecule has 0 saturated carbocycles. The van der Waals surface area contributed by atoms with E-state index >= 15 is 0 Å². The number of hydrogen-bond donors (Lipinski definition) is 2. The number of hydrogen-bond acceptors (Lipinski definition) is 6. The van der Waals surface area contributed by atoms with Crippen LogP contribution >= 0.6 is 11.3 Å². The van der Waals surface area contributed by atoms with Crippen LogP contribution in [0.2, 0.25) is 0 Å². The highest BCUT2D eigenvalue weighted by Crippen LogP contribution is 2.27. The molecule has 1 fully saturated rings. The van der Waals surface area contributed by atoms with Crippen molar-refractivity contribution in [2.75, 3.05) is 26.7 Å². The van der Waals surface area contributed by atoms with Gasteiger partial charge in [-0.25, -0.2) is 4.79 Å². The molecular formula is C17H25N5O3S. The van der Waals surface area contributed by atoms with Gasteiger partial charge >= 0.3 is 6.03 Å². The van der Waals surface area contributed by atoms with E-state index in [2.05, 4.69) is 15.5 Å². The number of carbonyl (C=O) groups is 1. The number of likely N-dealkylation sites (tertiary alicyclic amines) is 1. The van der Waals surface area contributed by atoms with E-state index in [4.69, 9.17) is 4.74 Å². The fourth-order valence-corrected chi connectivity index (χ4v) is 4.08. The van der Waals surface area contributed by atoms with Gasteiger partial charge in [0, 0.05) is 38.0 Å². The van der Waals surface area contributed by atoms with Crippen molar-refractivity contribution in [1.29, 1.82) is 0 Å². The van der Waals surface area contributed by atoms with Crippen LogP contribution in [0.25, 0.3) is 0 Å². The molecule has 0 aromatic carbocycles. The number of nitrogens with zero attached hydrogens (tertiary/aromatic N) is 4. The summed E-state index contributed by atoms with van der Waals surface area (Å²) >= 11 is 1.62. The molecule has 0 aliphatic carbocycles. The Bertz CT molecular complexity index is 710. The Morgan fingerprint density at radius 2 is 2.23 bits per heavy atom. The number of carbonyl (C=O) groups excluding carboxylic acids is 1. The van der Waals surface area contributed by atoms with Gasteiger partial charge in [0.2, 0.25) is 0 Å². The number of methoxy groups -OCH3 is 1. The van der Waals surface area contributed by atoms with Gasteiger partial charge < -0.3 is 24.6 Å². The number of aliphatic hydroxyl groups is 1. The van der Waals surface area contributed by atoms with Gasteiger partial charge in [-0.2, -0.15) is 0 Å². The summed E-state index contributed by atoms with van der Waals surface area (Å²) in [7, 11) is 3.53. The van der Waals surface area contributed by atoms with Crippen molar-refractivity contribution in [3.05, 3.63) is 34.0 Å². The molecule has 3 heterocycles. The average molecular weight is 379 g/mol. The molecule has 142 valence electrons. The molecule has 2 aromatic rings. The van der Waals surface area contributed by atoms with Crippen LogP contribution in [-0.2, 0) is 18.4 Å². The number of thiophene rings is 1. The van der Waals surface area contributed by atoms with Crippen molar-refractivity contribution in [1.82, 2.24) is 25.0 Å². The molecule has 1 atom stereocenters. The SMILES string of the molecule is CO[C@@H](CNC(=O)N1CCC(c2nnc(CO)n2C)CC1)c1cccs1. The van der Waals surface area contributed by atoms with E-state index in [1.165, 1.54) is 0 Å². The van der Waals surface area contributed by atoms with Gasteiger partial charge in [-0.3, -0.25) is 0 Å². The monoisotopic (exact) mass is 379 g/mol. The number of piperidine rings is 1. The second kappa shape index (κ2) is 8.61. The number of amides is 2. The Morgan fingerprint density at radius 3 is 2.81 bits per heavy atom. The number of rotatable bonds is 6. The molecule has 0 radical (unpaired) electrons. The average Bonchev–Trinajstić information content (AvgIpc) is 3.32. The fourth-order valence-electron chi connectivity index (χ4n) is 3.28. The first-order valence-electron chi connectivity index (χ1n) is 8.72. The molecule has 0 unspecified atom stereocenters. The van der Waals surface area contributed by atoms with Crippen LogP contribution in [0.15, 0.2) is 17.5 Å². The Labute approximate surface area is 156 Å². The van der Waals surface area contributed by atoms with Gasteiger partial charge in [0.25, 0.3) is 0 Å². The number of nitrogens with one attached hydrogen (secondary N) is 1. The lowest BCUT2D eigenvalue weighted by molar-refractivity contribution is 0.103. The molecule has 0 bridgehead atoms. The first-order chi connectivity index (χ1) is 12.6. The summed E-state index contributed by atoms with van der Waals surface area (Å²) < 4.78 is 7.32. The highest BCUT2D eigenvalue weighted by molar-refractivity contribution is 7.10. The van der Waals surface area contributed by atoms with E-state index in [0.717, 1.165) is 23.5 Å². The molecule has 1 aliphatic rings. The fraction of sp³-hybridized carbons (Fsp3) is 0.588. The molecule has 2 amide bonds. The van der Waals surface area contributed by atoms with E-state index in [1.807, 2.05) is 34.0 Å². The van der Waals surface area contributed by atoms with Crippen molar-refractivity contribution in [2.24, 2.45) is 7.05 Å². The smallest absolute Gasteiger partial charge is 0.317 e. The lowest BCUT2D eigenvalue weighted by Gasteiger charge is -2.32. The summed E-state index contributed by atoms with van der Waals surface area (Å²) in [5, 5.41) is 22.4. The van der Waals surface area contributed by atoms with Crippen LogP contribution in [-0.4, -0.2) is 57.5 Å². The maximum atomic E-state index is 12.4. The summed E-state index contributed by atoms with van der Waals surface area (Å²) in [4.78, 5) is 15.4. The predicted octanol–water partition coefficient (Wildman–Crippen LogP) is 1.65. The third-order valence-corrected chi connectivity index (χ3v) is 5.84. The van der Waals surface area contributed by atoms with Gasteiger partial charge in [0.1, 0.15) is 18.5 Å². The minimum atomic E-state index is -0.118. The Hall–Kier alpha value is -1.97. The van der Waals surface area contributed by atoms with Crippen LogP contribution in [0, 0.1) is 0 Å². The predicted molar refractivity (Wildman–Crippen MR) is 97.9 cm³/mol. The molecule has 2 aromatic heterocycles. The summed E-state index contributed by atoms with van der Waals surface area (Å²) in [6.45, 7) is 1.69. The highest BCUT2D eigenvalue weighted by Gasteiger charge is 2.27. The van der Waals surface area contributed by atoms with Gasteiger partial charge in [0.05, 0.1) is 6.54 Å².